The van der Waals surface area contributed by atoms with E-state index in [1.54, 1.807) is 29.2 Å². The van der Waals surface area contributed by atoms with Crippen LogP contribution in [-0.2, 0) is 16.4 Å². The van der Waals surface area contributed by atoms with Crippen molar-refractivity contribution in [3.8, 4) is 0 Å². The molecule has 0 N–H and O–H groups in total. The number of hydrogen-bond acceptors (Lipinski definition) is 3. The Labute approximate surface area is 147 Å². The van der Waals surface area contributed by atoms with Gasteiger partial charge in [-0.15, -0.1) is 0 Å². The van der Waals surface area contributed by atoms with Gasteiger partial charge in [0, 0.05) is 18.2 Å². The van der Waals surface area contributed by atoms with Gasteiger partial charge in [-0.25, -0.2) is 12.8 Å². The van der Waals surface area contributed by atoms with Gasteiger partial charge in [0.15, 0.2) is 9.84 Å². The van der Waals surface area contributed by atoms with E-state index in [-0.39, 0.29) is 35.8 Å². The van der Waals surface area contributed by atoms with Gasteiger partial charge in [0.1, 0.15) is 5.82 Å². The van der Waals surface area contributed by atoms with Crippen LogP contribution < -0.4 is 0 Å². The standard InChI is InChI=1S/C19H20FNO3S/c1-14-5-2-3-8-18(14)19(22)21(17-9-10-25(23,24)13-17)12-15-6-4-7-16(20)11-15/h2-8,11,17H,9-10,12-13H2,1H3/t17-/m1/s1. The van der Waals surface area contributed by atoms with Crippen molar-refractivity contribution >= 4 is 15.7 Å². The summed E-state index contributed by atoms with van der Waals surface area (Å²) in [5, 5.41) is 0. The number of halogens is 1. The molecule has 132 valence electrons. The summed E-state index contributed by atoms with van der Waals surface area (Å²) in [4.78, 5) is 14.7. The molecular formula is C19H20FNO3S. The fraction of sp³-hybridized carbons (Fsp3) is 0.316. The van der Waals surface area contributed by atoms with Crippen LogP contribution in [-0.4, -0.2) is 36.8 Å². The molecule has 6 heteroatoms. The van der Waals surface area contributed by atoms with E-state index in [1.165, 1.54) is 12.1 Å². The molecule has 0 bridgehead atoms. The number of carbonyl (C=O) groups is 1. The van der Waals surface area contributed by atoms with Crippen LogP contribution in [0.1, 0.15) is 27.9 Å². The highest BCUT2D eigenvalue weighted by Crippen LogP contribution is 2.23. The van der Waals surface area contributed by atoms with Gasteiger partial charge in [-0.2, -0.15) is 0 Å². The Morgan fingerprint density at radius 3 is 2.60 bits per heavy atom. The summed E-state index contributed by atoms with van der Waals surface area (Å²) in [7, 11) is -3.13. The third-order valence-electron chi connectivity index (χ3n) is 4.53. The fourth-order valence-electron chi connectivity index (χ4n) is 3.19. The van der Waals surface area contributed by atoms with E-state index in [4.69, 9.17) is 0 Å². The molecule has 1 saturated heterocycles. The lowest BCUT2D eigenvalue weighted by Crippen LogP contribution is -2.41. The number of hydrogen-bond donors (Lipinski definition) is 0. The summed E-state index contributed by atoms with van der Waals surface area (Å²) >= 11 is 0. The van der Waals surface area contributed by atoms with Crippen LogP contribution in [0, 0.1) is 12.7 Å². The van der Waals surface area contributed by atoms with Crippen LogP contribution >= 0.6 is 0 Å². The Morgan fingerprint density at radius 1 is 1.20 bits per heavy atom. The zero-order chi connectivity index (χ0) is 18.0. The second kappa shape index (κ2) is 6.96. The maximum Gasteiger partial charge on any atom is 0.254 e. The molecule has 1 fully saturated rings. The number of rotatable bonds is 4. The molecule has 2 aromatic carbocycles. The molecular weight excluding hydrogens is 341 g/mol. The summed E-state index contributed by atoms with van der Waals surface area (Å²) in [6, 6.07) is 12.9. The first-order valence-corrected chi connectivity index (χ1v) is 9.99. The number of nitrogens with zero attached hydrogens (tertiary/aromatic N) is 1. The zero-order valence-corrected chi connectivity index (χ0v) is 14.8. The topological polar surface area (TPSA) is 54.5 Å². The van der Waals surface area contributed by atoms with E-state index in [2.05, 4.69) is 0 Å². The molecule has 1 aliphatic heterocycles. The SMILES string of the molecule is Cc1ccccc1C(=O)N(Cc1cccc(F)c1)[C@@H]1CCS(=O)(=O)C1. The second-order valence-corrected chi connectivity index (χ2v) is 8.66. The minimum absolute atomic E-state index is 0.0417. The zero-order valence-electron chi connectivity index (χ0n) is 14.0. The van der Waals surface area contributed by atoms with Crippen molar-refractivity contribution in [1.29, 1.82) is 0 Å². The number of carbonyl (C=O) groups excluding carboxylic acids is 1. The van der Waals surface area contributed by atoms with Gasteiger partial charge >= 0.3 is 0 Å². The van der Waals surface area contributed by atoms with E-state index in [0.717, 1.165) is 5.56 Å². The molecule has 3 rings (SSSR count). The lowest BCUT2D eigenvalue weighted by Gasteiger charge is -2.29. The normalized spacial score (nSPS) is 18.9. The molecule has 0 unspecified atom stereocenters. The molecule has 1 heterocycles. The Balaban J connectivity index is 1.94. The van der Waals surface area contributed by atoms with Crippen molar-refractivity contribution in [3.63, 3.8) is 0 Å². The third-order valence-corrected chi connectivity index (χ3v) is 6.28. The molecule has 2 aromatic rings. The first-order chi connectivity index (χ1) is 11.9. The summed E-state index contributed by atoms with van der Waals surface area (Å²) < 4.78 is 37.3. The molecule has 1 atom stereocenters. The molecule has 4 nitrogen and oxygen atoms in total. The Kier molecular flexibility index (Phi) is 4.90. The first-order valence-electron chi connectivity index (χ1n) is 8.17. The number of aryl methyl sites for hydroxylation is 1. The second-order valence-electron chi connectivity index (χ2n) is 6.43. The largest absolute Gasteiger partial charge is 0.330 e. The number of amides is 1. The van der Waals surface area contributed by atoms with Gasteiger partial charge in [-0.3, -0.25) is 4.79 Å². The Bertz CT molecular complexity index is 895. The van der Waals surface area contributed by atoms with Crippen LogP contribution in [0.2, 0.25) is 0 Å². The van der Waals surface area contributed by atoms with Crippen molar-refractivity contribution in [2.75, 3.05) is 11.5 Å². The van der Waals surface area contributed by atoms with Gasteiger partial charge in [0.05, 0.1) is 11.5 Å². The van der Waals surface area contributed by atoms with E-state index >= 15 is 0 Å². The summed E-state index contributed by atoms with van der Waals surface area (Å²) in [6.45, 7) is 2.03. The van der Waals surface area contributed by atoms with E-state index in [1.807, 2.05) is 19.1 Å². The van der Waals surface area contributed by atoms with E-state index < -0.39 is 9.84 Å². The summed E-state index contributed by atoms with van der Waals surface area (Å²) in [5.74, 6) is -0.553. The highest BCUT2D eigenvalue weighted by atomic mass is 32.2. The molecule has 1 amide bonds. The van der Waals surface area contributed by atoms with Gasteiger partial charge in [0.25, 0.3) is 5.91 Å². The van der Waals surface area contributed by atoms with Gasteiger partial charge in [0.2, 0.25) is 0 Å². The van der Waals surface area contributed by atoms with Gasteiger partial charge in [-0.05, 0) is 42.7 Å². The minimum atomic E-state index is -3.13. The van der Waals surface area contributed by atoms with Crippen LogP contribution in [0.4, 0.5) is 4.39 Å². The molecule has 0 radical (unpaired) electrons. The van der Waals surface area contributed by atoms with Crippen LogP contribution in [0.25, 0.3) is 0 Å². The van der Waals surface area contributed by atoms with Crippen LogP contribution in [0.3, 0.4) is 0 Å². The van der Waals surface area contributed by atoms with Crippen molar-refractivity contribution in [2.24, 2.45) is 0 Å². The van der Waals surface area contributed by atoms with E-state index in [0.29, 0.717) is 17.5 Å². The average molecular weight is 361 g/mol. The van der Waals surface area contributed by atoms with Crippen molar-refractivity contribution in [2.45, 2.75) is 25.9 Å². The highest BCUT2D eigenvalue weighted by molar-refractivity contribution is 7.91. The summed E-state index contributed by atoms with van der Waals surface area (Å²) in [6.07, 6.45) is 0.412. The van der Waals surface area contributed by atoms with Gasteiger partial charge in [-0.1, -0.05) is 30.3 Å². The Hall–Kier alpha value is -2.21. The number of sulfone groups is 1. The van der Waals surface area contributed by atoms with Crippen molar-refractivity contribution in [3.05, 3.63) is 71.0 Å². The fourth-order valence-corrected chi connectivity index (χ4v) is 4.92. The minimum Gasteiger partial charge on any atom is -0.330 e. The maximum atomic E-state index is 13.5. The van der Waals surface area contributed by atoms with Crippen molar-refractivity contribution in [1.82, 2.24) is 4.90 Å². The smallest absolute Gasteiger partial charge is 0.254 e. The van der Waals surface area contributed by atoms with Crippen LogP contribution in [0.5, 0.6) is 0 Å². The lowest BCUT2D eigenvalue weighted by atomic mass is 10.1. The first kappa shape index (κ1) is 17.6. The third kappa shape index (κ3) is 4.07. The monoisotopic (exact) mass is 361 g/mol. The highest BCUT2D eigenvalue weighted by Gasteiger charge is 2.35. The number of benzene rings is 2. The molecule has 0 aliphatic carbocycles. The van der Waals surface area contributed by atoms with Gasteiger partial charge < -0.3 is 4.90 Å². The lowest BCUT2D eigenvalue weighted by molar-refractivity contribution is 0.0680. The predicted octanol–water partition coefficient (Wildman–Crippen LogP) is 2.96. The molecule has 0 saturated carbocycles. The molecule has 1 aliphatic rings. The Morgan fingerprint density at radius 2 is 1.96 bits per heavy atom. The maximum absolute atomic E-state index is 13.5. The summed E-state index contributed by atoms with van der Waals surface area (Å²) in [5.41, 5.74) is 2.02. The van der Waals surface area contributed by atoms with Crippen LogP contribution in [0.15, 0.2) is 48.5 Å². The van der Waals surface area contributed by atoms with Crippen molar-refractivity contribution < 1.29 is 17.6 Å². The molecule has 25 heavy (non-hydrogen) atoms. The average Bonchev–Trinajstić information content (AvgIpc) is 2.92. The quantitative estimate of drug-likeness (QED) is 0.841. The predicted molar refractivity (Wildman–Crippen MR) is 94.5 cm³/mol. The molecule has 0 spiro atoms. The van der Waals surface area contributed by atoms with E-state index in [9.17, 15) is 17.6 Å². The molecule has 0 aromatic heterocycles.